The minimum Gasteiger partial charge on any atom is -0.481 e. The number of aliphatic carboxylic acids is 1. The number of carboxylic acid groups (broad SMARTS) is 1. The molecule has 0 heterocycles. The maximum Gasteiger partial charge on any atom is 1.00 e. The molecule has 0 aromatic heterocycles. The molecule has 0 radical (unpaired) electrons. The molecule has 0 aliphatic rings. The fourth-order valence-electron chi connectivity index (χ4n) is 4.84. The molecule has 37 heavy (non-hydrogen) atoms. The Balaban J connectivity index is -0.000000608. The van der Waals surface area contributed by atoms with Crippen LogP contribution in [0.2, 0.25) is 0 Å². The first-order valence-corrected chi connectivity index (χ1v) is 16.7. The van der Waals surface area contributed by atoms with Crippen molar-refractivity contribution in [3.05, 3.63) is 6.92 Å². The molecule has 0 rings (SSSR count). The van der Waals surface area contributed by atoms with E-state index in [-0.39, 0.29) is 29.6 Å². The van der Waals surface area contributed by atoms with Gasteiger partial charge < -0.3 is 12.0 Å². The molecule has 0 saturated heterocycles. The number of carboxylic acids is 1. The van der Waals surface area contributed by atoms with E-state index in [1.54, 1.807) is 0 Å². The number of unbranched alkanes of at least 4 members (excludes halogenated alkanes) is 27. The van der Waals surface area contributed by atoms with E-state index >= 15 is 0 Å². The molecule has 0 bridgehead atoms. The molecule has 0 aromatic carbocycles. The van der Waals surface area contributed by atoms with Crippen molar-refractivity contribution in [2.45, 2.75) is 206 Å². The van der Waals surface area contributed by atoms with Crippen molar-refractivity contribution >= 4 is 5.97 Å². The van der Waals surface area contributed by atoms with E-state index in [1.807, 2.05) is 0 Å². The Hall–Kier alpha value is 0.470. The molecule has 0 amide bonds. The number of carbonyl (C=O) groups is 1. The summed E-state index contributed by atoms with van der Waals surface area (Å²) in [6.45, 7) is 8.44. The number of rotatable bonds is 29. The molecule has 0 aromatic rings. The van der Waals surface area contributed by atoms with Crippen molar-refractivity contribution in [3.8, 4) is 0 Å². The van der Waals surface area contributed by atoms with Gasteiger partial charge in [-0.1, -0.05) is 187 Å². The van der Waals surface area contributed by atoms with Crippen LogP contribution < -0.4 is 29.6 Å². The number of hydrogen-bond acceptors (Lipinski definition) is 1. The van der Waals surface area contributed by atoms with Crippen LogP contribution >= 0.6 is 0 Å². The minimum atomic E-state index is -0.655. The number of hydrogen-bond donors (Lipinski definition) is 1. The van der Waals surface area contributed by atoms with Crippen molar-refractivity contribution in [2.75, 3.05) is 0 Å². The van der Waals surface area contributed by atoms with Gasteiger partial charge in [0.15, 0.2) is 0 Å². The van der Waals surface area contributed by atoms with Gasteiger partial charge in [0, 0.05) is 6.42 Å². The van der Waals surface area contributed by atoms with Crippen molar-refractivity contribution < 1.29 is 39.5 Å². The third-order valence-corrected chi connectivity index (χ3v) is 7.35. The van der Waals surface area contributed by atoms with Crippen molar-refractivity contribution in [2.24, 2.45) is 0 Å². The second-order valence-electron chi connectivity index (χ2n) is 11.2. The summed E-state index contributed by atoms with van der Waals surface area (Å²) in [5.74, 6) is -0.655. The molecule has 3 heteroatoms. The van der Waals surface area contributed by atoms with Crippen LogP contribution in [-0.2, 0) is 4.79 Å². The average Bonchev–Trinajstić information content (AvgIpc) is 2.87. The summed E-state index contributed by atoms with van der Waals surface area (Å²) in [4.78, 5) is 10.3. The van der Waals surface area contributed by atoms with Gasteiger partial charge in [0.1, 0.15) is 0 Å². The first-order chi connectivity index (χ1) is 17.7. The fourth-order valence-corrected chi connectivity index (χ4v) is 4.84. The molecular weight excluding hydrogens is 463 g/mol. The zero-order valence-electron chi connectivity index (χ0n) is 26.3. The van der Waals surface area contributed by atoms with Gasteiger partial charge in [0.25, 0.3) is 0 Å². The summed E-state index contributed by atoms with van der Waals surface area (Å²) in [6, 6.07) is 0. The van der Waals surface area contributed by atoms with Crippen LogP contribution in [-0.4, -0.2) is 11.1 Å². The van der Waals surface area contributed by atoms with Crippen LogP contribution in [0, 0.1) is 6.92 Å². The van der Waals surface area contributed by atoms with Gasteiger partial charge >= 0.3 is 35.5 Å². The summed E-state index contributed by atoms with van der Waals surface area (Å²) in [5, 5.41) is 8.49. The second kappa shape index (κ2) is 41.0. The van der Waals surface area contributed by atoms with Crippen LogP contribution in [0.1, 0.15) is 206 Å². The third-order valence-electron chi connectivity index (χ3n) is 7.35. The fraction of sp³-hybridized carbons (Fsp3) is 0.941. The van der Waals surface area contributed by atoms with Crippen molar-refractivity contribution in [1.29, 1.82) is 0 Å². The molecule has 1 N–H and O–H groups in total. The summed E-state index contributed by atoms with van der Waals surface area (Å²) in [6.07, 6.45) is 40.1. The van der Waals surface area contributed by atoms with Crippen molar-refractivity contribution in [1.82, 2.24) is 0 Å². The van der Waals surface area contributed by atoms with Crippen LogP contribution in [0.5, 0.6) is 0 Å². The molecule has 2 nitrogen and oxygen atoms in total. The van der Waals surface area contributed by atoms with Crippen LogP contribution in [0.25, 0.3) is 0 Å². The van der Waals surface area contributed by atoms with E-state index in [0.717, 1.165) is 19.3 Å². The van der Waals surface area contributed by atoms with E-state index in [2.05, 4.69) is 20.8 Å². The Morgan fingerprint density at radius 2 is 0.649 bits per heavy atom. The molecule has 0 spiro atoms. The van der Waals surface area contributed by atoms with Gasteiger partial charge in [-0.25, -0.2) is 0 Å². The van der Waals surface area contributed by atoms with Crippen LogP contribution in [0.4, 0.5) is 0 Å². The SMILES string of the molecule is CCCCCCCCCCCCCCCC(=O)O.[CH2-]CCCCCCCCCCCCCCCCC.[Na+]. The molecule has 0 unspecified atom stereocenters. The van der Waals surface area contributed by atoms with E-state index < -0.39 is 5.97 Å². The smallest absolute Gasteiger partial charge is 0.481 e. The largest absolute Gasteiger partial charge is 1.00 e. The molecule has 0 aliphatic heterocycles. The Bertz CT molecular complexity index is 370. The molecule has 0 saturated carbocycles. The monoisotopic (exact) mass is 533 g/mol. The Kier molecular flexibility index (Phi) is 46.4. The molecular formula is C34H69NaO2. The van der Waals surface area contributed by atoms with Gasteiger partial charge in [-0.05, 0) is 6.42 Å². The zero-order chi connectivity index (χ0) is 26.8. The topological polar surface area (TPSA) is 37.3 Å². The Morgan fingerprint density at radius 3 is 0.865 bits per heavy atom. The van der Waals surface area contributed by atoms with E-state index in [4.69, 9.17) is 5.11 Å². The maximum atomic E-state index is 10.3. The molecule has 0 fully saturated rings. The predicted molar refractivity (Wildman–Crippen MR) is 163 cm³/mol. The third kappa shape index (κ3) is 46.7. The predicted octanol–water partition coefficient (Wildman–Crippen LogP) is 9.64. The first kappa shape index (κ1) is 41.9. The van der Waals surface area contributed by atoms with Gasteiger partial charge in [-0.15, -0.1) is 0 Å². The average molecular weight is 533 g/mol. The Labute approximate surface area is 257 Å². The van der Waals surface area contributed by atoms with Crippen molar-refractivity contribution in [3.63, 3.8) is 0 Å². The Morgan fingerprint density at radius 1 is 0.432 bits per heavy atom. The first-order valence-electron chi connectivity index (χ1n) is 16.7. The van der Waals surface area contributed by atoms with E-state index in [0.29, 0.717) is 6.42 Å². The van der Waals surface area contributed by atoms with E-state index in [9.17, 15) is 4.79 Å². The standard InChI is InChI=1S/C18H37.C16H32O2.Na/c1-3-5-7-9-11-13-15-17-18-16-14-12-10-8-6-4-2;1-2-3-4-5-6-7-8-9-10-11-12-13-14-15-16(17)18;/h1,3-18H2,2H3;2-15H2,1H3,(H,17,18);/q-1;;+1. The molecule has 0 atom stereocenters. The van der Waals surface area contributed by atoms with Crippen LogP contribution in [0.3, 0.4) is 0 Å². The summed E-state index contributed by atoms with van der Waals surface area (Å²) < 4.78 is 0. The summed E-state index contributed by atoms with van der Waals surface area (Å²) in [7, 11) is 0. The summed E-state index contributed by atoms with van der Waals surface area (Å²) >= 11 is 0. The zero-order valence-corrected chi connectivity index (χ0v) is 28.3. The quantitative estimate of drug-likeness (QED) is 0.0591. The van der Waals surface area contributed by atoms with E-state index in [1.165, 1.54) is 167 Å². The second-order valence-corrected chi connectivity index (χ2v) is 11.2. The molecule has 218 valence electrons. The normalized spacial score (nSPS) is 10.6. The summed E-state index contributed by atoms with van der Waals surface area (Å²) in [5.41, 5.74) is 0. The molecule has 0 aliphatic carbocycles. The van der Waals surface area contributed by atoms with Gasteiger partial charge in [0.2, 0.25) is 0 Å². The van der Waals surface area contributed by atoms with Gasteiger partial charge in [-0.3, -0.25) is 4.79 Å². The van der Waals surface area contributed by atoms with Crippen LogP contribution in [0.15, 0.2) is 0 Å². The van der Waals surface area contributed by atoms with Gasteiger partial charge in [-0.2, -0.15) is 6.42 Å². The van der Waals surface area contributed by atoms with Gasteiger partial charge in [0.05, 0.1) is 0 Å². The minimum absolute atomic E-state index is 0. The maximum absolute atomic E-state index is 10.3.